The standard InChI is InChI=1S/C17H23N3O/c21-17-14-4-5-16(20(17)10-13-2-1-3-13)12-19(11-14)15-6-8-18-9-7-15/h6-9,13-14,16H,1-5,10-12H2/t14-,16+/m0/s1. The van der Waals surface area contributed by atoms with Crippen LogP contribution in [0, 0.1) is 11.8 Å². The van der Waals surface area contributed by atoms with Crippen molar-refractivity contribution in [3.05, 3.63) is 24.5 Å². The Balaban J connectivity index is 1.55. The van der Waals surface area contributed by atoms with E-state index < -0.39 is 0 Å². The summed E-state index contributed by atoms with van der Waals surface area (Å²) in [6, 6.07) is 4.53. The third kappa shape index (κ3) is 2.41. The molecule has 4 fully saturated rings. The molecule has 0 spiro atoms. The smallest absolute Gasteiger partial charge is 0.227 e. The van der Waals surface area contributed by atoms with Gasteiger partial charge in [-0.1, -0.05) is 6.42 Å². The second-order valence-corrected chi connectivity index (χ2v) is 6.83. The van der Waals surface area contributed by atoms with E-state index in [1.807, 2.05) is 12.4 Å². The molecule has 4 aliphatic rings. The van der Waals surface area contributed by atoms with Crippen LogP contribution in [-0.2, 0) is 4.79 Å². The molecule has 0 unspecified atom stereocenters. The number of nitrogens with zero attached hydrogens (tertiary/aromatic N) is 3. The van der Waals surface area contributed by atoms with Crippen LogP contribution in [-0.4, -0.2) is 41.5 Å². The van der Waals surface area contributed by atoms with Crippen LogP contribution in [0.3, 0.4) is 0 Å². The third-order valence-electron chi connectivity index (χ3n) is 5.50. The van der Waals surface area contributed by atoms with Crippen molar-refractivity contribution in [2.45, 2.75) is 38.1 Å². The first-order chi connectivity index (χ1) is 10.3. The molecule has 1 aromatic rings. The molecule has 1 amide bonds. The number of anilines is 1. The predicted octanol–water partition coefficient (Wildman–Crippen LogP) is 2.31. The molecule has 2 atom stereocenters. The van der Waals surface area contributed by atoms with Crippen molar-refractivity contribution in [3.63, 3.8) is 0 Å². The summed E-state index contributed by atoms with van der Waals surface area (Å²) < 4.78 is 0. The molecule has 4 heteroatoms. The Kier molecular flexibility index (Phi) is 3.32. The predicted molar refractivity (Wildman–Crippen MR) is 82.0 cm³/mol. The maximum absolute atomic E-state index is 12.7. The highest BCUT2D eigenvalue weighted by molar-refractivity contribution is 5.81. The van der Waals surface area contributed by atoms with Crippen molar-refractivity contribution in [2.75, 3.05) is 24.5 Å². The second kappa shape index (κ2) is 5.32. The van der Waals surface area contributed by atoms with E-state index in [2.05, 4.69) is 26.9 Å². The monoisotopic (exact) mass is 285 g/mol. The van der Waals surface area contributed by atoms with Gasteiger partial charge in [0.25, 0.3) is 0 Å². The zero-order valence-electron chi connectivity index (χ0n) is 12.4. The molecule has 21 heavy (non-hydrogen) atoms. The molecular weight excluding hydrogens is 262 g/mol. The highest BCUT2D eigenvalue weighted by Crippen LogP contribution is 2.35. The van der Waals surface area contributed by atoms with Gasteiger partial charge in [0, 0.05) is 43.8 Å². The summed E-state index contributed by atoms with van der Waals surface area (Å²) >= 11 is 0. The van der Waals surface area contributed by atoms with E-state index in [1.54, 1.807) is 0 Å². The van der Waals surface area contributed by atoms with Gasteiger partial charge in [-0.25, -0.2) is 0 Å². The average Bonchev–Trinajstić information content (AvgIpc) is 2.76. The zero-order valence-corrected chi connectivity index (χ0v) is 12.4. The molecule has 4 nitrogen and oxygen atoms in total. The molecule has 4 heterocycles. The Morgan fingerprint density at radius 2 is 1.90 bits per heavy atom. The van der Waals surface area contributed by atoms with E-state index in [4.69, 9.17) is 0 Å². The normalized spacial score (nSPS) is 29.4. The second-order valence-electron chi connectivity index (χ2n) is 6.83. The van der Waals surface area contributed by atoms with Crippen LogP contribution >= 0.6 is 0 Å². The summed E-state index contributed by atoms with van der Waals surface area (Å²) in [4.78, 5) is 21.5. The molecule has 1 aliphatic carbocycles. The van der Waals surface area contributed by atoms with Gasteiger partial charge in [-0.2, -0.15) is 0 Å². The van der Waals surface area contributed by atoms with Crippen molar-refractivity contribution in [3.8, 4) is 0 Å². The summed E-state index contributed by atoms with van der Waals surface area (Å²) in [5.74, 6) is 1.37. The Labute approximate surface area is 126 Å². The number of hydrogen-bond acceptors (Lipinski definition) is 3. The maximum Gasteiger partial charge on any atom is 0.227 e. The minimum atomic E-state index is 0.192. The molecule has 5 rings (SSSR count). The van der Waals surface area contributed by atoms with E-state index >= 15 is 0 Å². The molecule has 1 saturated carbocycles. The Morgan fingerprint density at radius 3 is 2.62 bits per heavy atom. The maximum atomic E-state index is 12.7. The highest BCUT2D eigenvalue weighted by Gasteiger charge is 2.41. The van der Waals surface area contributed by atoms with Crippen LogP contribution in [0.1, 0.15) is 32.1 Å². The summed E-state index contributed by atoms with van der Waals surface area (Å²) in [5, 5.41) is 0. The third-order valence-corrected chi connectivity index (χ3v) is 5.50. The number of piperidine rings is 1. The molecule has 0 radical (unpaired) electrons. The van der Waals surface area contributed by atoms with E-state index in [-0.39, 0.29) is 5.92 Å². The first kappa shape index (κ1) is 13.1. The number of carbonyl (C=O) groups is 1. The van der Waals surface area contributed by atoms with Crippen LogP contribution in [0.15, 0.2) is 24.5 Å². The lowest BCUT2D eigenvalue weighted by Crippen LogP contribution is -2.50. The molecule has 112 valence electrons. The van der Waals surface area contributed by atoms with Gasteiger partial charge >= 0.3 is 0 Å². The fourth-order valence-corrected chi connectivity index (χ4v) is 4.00. The van der Waals surface area contributed by atoms with Crippen LogP contribution in [0.25, 0.3) is 0 Å². The number of hydrogen-bond donors (Lipinski definition) is 0. The lowest BCUT2D eigenvalue weighted by Gasteiger charge is -2.40. The van der Waals surface area contributed by atoms with Crippen molar-refractivity contribution < 1.29 is 4.79 Å². The summed E-state index contributed by atoms with van der Waals surface area (Å²) in [6.07, 6.45) is 9.90. The minimum absolute atomic E-state index is 0.192. The van der Waals surface area contributed by atoms with Gasteiger partial charge in [0.15, 0.2) is 0 Å². The number of pyridine rings is 1. The van der Waals surface area contributed by atoms with E-state index in [1.165, 1.54) is 31.4 Å². The van der Waals surface area contributed by atoms with Crippen LogP contribution < -0.4 is 4.90 Å². The number of carbonyl (C=O) groups excluding carboxylic acids is 1. The van der Waals surface area contributed by atoms with Crippen molar-refractivity contribution in [1.29, 1.82) is 0 Å². The molecule has 0 N–H and O–H groups in total. The van der Waals surface area contributed by atoms with E-state index in [0.717, 1.165) is 32.0 Å². The largest absolute Gasteiger partial charge is 0.369 e. The minimum Gasteiger partial charge on any atom is -0.369 e. The number of rotatable bonds is 3. The van der Waals surface area contributed by atoms with E-state index in [0.29, 0.717) is 11.9 Å². The molecule has 3 aliphatic heterocycles. The van der Waals surface area contributed by atoms with E-state index in [9.17, 15) is 4.79 Å². The summed E-state index contributed by atoms with van der Waals surface area (Å²) in [6.45, 7) is 2.86. The fourth-order valence-electron chi connectivity index (χ4n) is 4.00. The lowest BCUT2D eigenvalue weighted by molar-refractivity contribution is -0.141. The highest BCUT2D eigenvalue weighted by atomic mass is 16.2. The first-order valence-corrected chi connectivity index (χ1v) is 8.27. The van der Waals surface area contributed by atoms with Gasteiger partial charge in [0.1, 0.15) is 0 Å². The Bertz CT molecular complexity index is 514. The van der Waals surface area contributed by atoms with Gasteiger partial charge in [0.2, 0.25) is 5.91 Å². The topological polar surface area (TPSA) is 36.4 Å². The lowest BCUT2D eigenvalue weighted by atomic mass is 9.83. The number of aromatic nitrogens is 1. The van der Waals surface area contributed by atoms with Crippen molar-refractivity contribution in [1.82, 2.24) is 9.88 Å². The molecule has 1 aromatic heterocycles. The van der Waals surface area contributed by atoms with Crippen molar-refractivity contribution >= 4 is 11.6 Å². The molecule has 2 bridgehead atoms. The molecular formula is C17H23N3O. The zero-order chi connectivity index (χ0) is 14.2. The van der Waals surface area contributed by atoms with Gasteiger partial charge in [0.05, 0.1) is 5.92 Å². The quantitative estimate of drug-likeness (QED) is 0.855. The van der Waals surface area contributed by atoms with Gasteiger partial charge in [-0.05, 0) is 43.7 Å². The van der Waals surface area contributed by atoms with Crippen LogP contribution in [0.5, 0.6) is 0 Å². The van der Waals surface area contributed by atoms with Crippen LogP contribution in [0.2, 0.25) is 0 Å². The van der Waals surface area contributed by atoms with Gasteiger partial charge < -0.3 is 9.80 Å². The van der Waals surface area contributed by atoms with Crippen LogP contribution in [0.4, 0.5) is 5.69 Å². The Morgan fingerprint density at radius 1 is 1.10 bits per heavy atom. The molecule has 0 aromatic carbocycles. The fraction of sp³-hybridized carbons (Fsp3) is 0.647. The first-order valence-electron chi connectivity index (χ1n) is 8.27. The van der Waals surface area contributed by atoms with Gasteiger partial charge in [-0.15, -0.1) is 0 Å². The summed E-state index contributed by atoms with van der Waals surface area (Å²) in [5.41, 5.74) is 1.21. The SMILES string of the molecule is O=C1[C@H]2CC[C@H](CN(c3ccncc3)C2)N1CC1CCC1. The number of fused-ring (bicyclic) bond motifs is 4. The van der Waals surface area contributed by atoms with Gasteiger partial charge in [-0.3, -0.25) is 9.78 Å². The number of amides is 1. The summed E-state index contributed by atoms with van der Waals surface area (Å²) in [7, 11) is 0. The Hall–Kier alpha value is -1.58. The molecule has 3 saturated heterocycles. The average molecular weight is 285 g/mol. The van der Waals surface area contributed by atoms with Crippen molar-refractivity contribution in [2.24, 2.45) is 11.8 Å².